The van der Waals surface area contributed by atoms with Crippen molar-refractivity contribution < 1.29 is 28.2 Å². The number of halogens is 1. The van der Waals surface area contributed by atoms with Crippen molar-refractivity contribution in [3.05, 3.63) is 52.0 Å². The molecule has 16 heteroatoms. The molecule has 49 heavy (non-hydrogen) atoms. The Morgan fingerprint density at radius 3 is 2.33 bits per heavy atom. The van der Waals surface area contributed by atoms with E-state index >= 15 is 4.39 Å². The normalized spacial score (nSPS) is 20.3. The van der Waals surface area contributed by atoms with Crippen LogP contribution in [0.4, 0.5) is 10.1 Å². The van der Waals surface area contributed by atoms with E-state index in [0.717, 1.165) is 37.2 Å². The van der Waals surface area contributed by atoms with Crippen LogP contribution in [0.15, 0.2) is 29.0 Å². The molecule has 1 aliphatic carbocycles. The molecule has 3 aromatic rings. The number of likely N-dealkylation sites (N-methyl/N-ethyl adjacent to an activating group) is 1. The second kappa shape index (κ2) is 15.9. The van der Waals surface area contributed by atoms with Gasteiger partial charge in [0.05, 0.1) is 11.9 Å². The highest BCUT2D eigenvalue weighted by molar-refractivity contribution is 7.07. The van der Waals surface area contributed by atoms with Gasteiger partial charge in [-0.1, -0.05) is 56.2 Å². The van der Waals surface area contributed by atoms with Crippen molar-refractivity contribution in [2.75, 3.05) is 38.5 Å². The van der Waals surface area contributed by atoms with Crippen molar-refractivity contribution >= 4 is 40.8 Å². The lowest BCUT2D eigenvalue weighted by Gasteiger charge is -2.36. The highest BCUT2D eigenvalue weighted by atomic mass is 32.1. The minimum absolute atomic E-state index is 0.0147. The number of nitrogens with zero attached hydrogens (tertiary/aromatic N) is 6. The van der Waals surface area contributed by atoms with Gasteiger partial charge in [0.1, 0.15) is 28.5 Å². The first-order valence-electron chi connectivity index (χ1n) is 16.7. The maximum absolute atomic E-state index is 15.8. The summed E-state index contributed by atoms with van der Waals surface area (Å²) in [4.78, 5) is 57.9. The molecule has 1 saturated heterocycles. The van der Waals surface area contributed by atoms with Crippen LogP contribution in [0, 0.1) is 17.7 Å². The number of carbonyl (C=O) groups is 4. The van der Waals surface area contributed by atoms with Crippen LogP contribution in [0.25, 0.3) is 0 Å². The molecule has 1 unspecified atom stereocenters. The van der Waals surface area contributed by atoms with Gasteiger partial charge >= 0.3 is 0 Å². The average Bonchev–Trinajstić information content (AvgIpc) is 3.81. The number of nitrogens with one attached hydrogen (secondary N) is 3. The molecule has 3 N–H and O–H groups in total. The van der Waals surface area contributed by atoms with Gasteiger partial charge in [-0.15, -0.1) is 5.10 Å². The number of piperazine rings is 1. The summed E-state index contributed by atoms with van der Waals surface area (Å²) >= 11 is 0.913. The summed E-state index contributed by atoms with van der Waals surface area (Å²) in [5, 5.41) is 19.7. The third kappa shape index (κ3) is 8.65. The minimum atomic E-state index is -0.993. The molecule has 1 aromatic carbocycles. The molecule has 14 nitrogen and oxygen atoms in total. The Hall–Kier alpha value is -4.31. The Balaban J connectivity index is 1.34. The van der Waals surface area contributed by atoms with Crippen LogP contribution in [0.3, 0.4) is 0 Å². The van der Waals surface area contributed by atoms with Crippen molar-refractivity contribution in [2.45, 2.75) is 77.3 Å². The molecule has 2 aliphatic rings. The summed E-state index contributed by atoms with van der Waals surface area (Å²) in [6.07, 6.45) is 4.57. The van der Waals surface area contributed by atoms with Gasteiger partial charge in [-0.3, -0.25) is 19.2 Å². The van der Waals surface area contributed by atoms with Gasteiger partial charge in [0.15, 0.2) is 5.69 Å². The summed E-state index contributed by atoms with van der Waals surface area (Å²) in [6, 6.07) is 2.38. The number of hydrogen-bond acceptors (Lipinski definition) is 11. The second-order valence-corrected chi connectivity index (χ2v) is 14.3. The lowest BCUT2D eigenvalue weighted by Crippen LogP contribution is -2.55. The van der Waals surface area contributed by atoms with Crippen molar-refractivity contribution in [3.63, 3.8) is 0 Å². The van der Waals surface area contributed by atoms with E-state index in [1.165, 1.54) is 18.3 Å². The first-order chi connectivity index (χ1) is 23.4. The second-order valence-electron chi connectivity index (χ2n) is 13.5. The van der Waals surface area contributed by atoms with Gasteiger partial charge in [0, 0.05) is 38.0 Å². The summed E-state index contributed by atoms with van der Waals surface area (Å²) in [6.45, 7) is 10.00. The van der Waals surface area contributed by atoms with Crippen LogP contribution in [0.2, 0.25) is 0 Å². The highest BCUT2D eigenvalue weighted by Gasteiger charge is 2.36. The fraction of sp³-hybridized carbons (Fsp3) is 0.576. The number of amides is 4. The molecular weight excluding hydrogens is 653 g/mol. The van der Waals surface area contributed by atoms with E-state index in [9.17, 15) is 19.2 Å². The Labute approximate surface area is 288 Å². The van der Waals surface area contributed by atoms with Crippen LogP contribution in [-0.4, -0.2) is 98.6 Å². The fourth-order valence-corrected chi connectivity index (χ4v) is 6.80. The maximum Gasteiger partial charge on any atom is 0.276 e. The van der Waals surface area contributed by atoms with Crippen LogP contribution in [0.1, 0.15) is 96.6 Å². The number of hydrogen-bond donors (Lipinski definition) is 3. The number of anilines is 1. The van der Waals surface area contributed by atoms with Gasteiger partial charge in [-0.25, -0.2) is 9.02 Å². The molecule has 2 aromatic heterocycles. The standard InChI is InChI=1S/C33H44FN9O5S/c1-18(2)26-29(40-48-39-26)32(46)38-28(21-8-6-19(3)7-9-21)31(45)36-24-11-10-22(16-23(24)34)20(4)27(37-30(44)25-17-35-41-49-25)33(47)43-14-12-42(5)13-15-43/h10-11,16-21,27-28H,6-9,12-15H2,1-5H3,(H,36,45)(H,37,44)(H,38,46)/t19?,20-,21?,27?,28-/m0/s1. The Bertz CT molecular complexity index is 1620. The quantitative estimate of drug-likeness (QED) is 0.269. The molecule has 0 radical (unpaired) electrons. The molecule has 3 atom stereocenters. The van der Waals surface area contributed by atoms with Crippen molar-refractivity contribution in [1.29, 1.82) is 0 Å². The Kier molecular flexibility index (Phi) is 11.7. The monoisotopic (exact) mass is 697 g/mol. The Morgan fingerprint density at radius 1 is 0.980 bits per heavy atom. The van der Waals surface area contributed by atoms with E-state index in [1.807, 2.05) is 20.9 Å². The van der Waals surface area contributed by atoms with Crippen molar-refractivity contribution in [3.8, 4) is 0 Å². The average molecular weight is 698 g/mol. The van der Waals surface area contributed by atoms with Crippen LogP contribution < -0.4 is 16.0 Å². The third-order valence-electron chi connectivity index (χ3n) is 9.61. The maximum atomic E-state index is 15.8. The number of benzene rings is 1. The largest absolute Gasteiger partial charge is 0.339 e. The van der Waals surface area contributed by atoms with E-state index in [-0.39, 0.29) is 34.0 Å². The first-order valence-corrected chi connectivity index (χ1v) is 17.5. The van der Waals surface area contributed by atoms with Crippen molar-refractivity contribution in [1.82, 2.24) is 40.3 Å². The Morgan fingerprint density at radius 2 is 1.69 bits per heavy atom. The zero-order valence-electron chi connectivity index (χ0n) is 28.4. The predicted molar refractivity (Wildman–Crippen MR) is 179 cm³/mol. The molecule has 0 bridgehead atoms. The van der Waals surface area contributed by atoms with Gasteiger partial charge in [0.25, 0.3) is 11.8 Å². The molecular formula is C33H44FN9O5S. The molecule has 264 valence electrons. The predicted octanol–water partition coefficient (Wildman–Crippen LogP) is 3.42. The number of rotatable bonds is 11. The van der Waals surface area contributed by atoms with Crippen LogP contribution in [-0.2, 0) is 9.59 Å². The summed E-state index contributed by atoms with van der Waals surface area (Å²) < 4.78 is 24.3. The van der Waals surface area contributed by atoms with Crippen molar-refractivity contribution in [2.24, 2.45) is 11.8 Å². The summed E-state index contributed by atoms with van der Waals surface area (Å²) in [7, 11) is 1.98. The lowest BCUT2D eigenvalue weighted by molar-refractivity contribution is -0.135. The first kappa shape index (κ1) is 36.0. The molecule has 5 rings (SSSR count). The summed E-state index contributed by atoms with van der Waals surface area (Å²) in [5.74, 6) is -3.03. The van der Waals surface area contributed by atoms with Gasteiger partial charge in [0.2, 0.25) is 11.8 Å². The van der Waals surface area contributed by atoms with Crippen LogP contribution in [0.5, 0.6) is 0 Å². The van der Waals surface area contributed by atoms with E-state index in [2.05, 4.69) is 47.7 Å². The van der Waals surface area contributed by atoms with E-state index in [0.29, 0.717) is 43.4 Å². The fourth-order valence-electron chi connectivity index (χ4n) is 6.38. The zero-order chi connectivity index (χ0) is 35.2. The lowest BCUT2D eigenvalue weighted by atomic mass is 9.79. The van der Waals surface area contributed by atoms with E-state index < -0.39 is 41.5 Å². The topological polar surface area (TPSA) is 176 Å². The molecule has 1 saturated carbocycles. The highest BCUT2D eigenvalue weighted by Crippen LogP contribution is 2.32. The SMILES string of the molecule is CC1CCC([C@H](NC(=O)c2nonc2C(C)C)C(=O)Nc2ccc([C@H](C)C(NC(=O)c3cnns3)C(=O)N3CCN(C)CC3)cc2F)CC1. The van der Waals surface area contributed by atoms with E-state index in [1.54, 1.807) is 17.9 Å². The third-order valence-corrected chi connectivity index (χ3v) is 10.3. The summed E-state index contributed by atoms with van der Waals surface area (Å²) in [5.41, 5.74) is 0.781. The van der Waals surface area contributed by atoms with Gasteiger partial charge in [-0.2, -0.15) is 0 Å². The molecule has 2 fully saturated rings. The smallest absolute Gasteiger partial charge is 0.276 e. The number of aromatic nitrogens is 4. The molecule has 1 aliphatic heterocycles. The molecule has 3 heterocycles. The zero-order valence-corrected chi connectivity index (χ0v) is 29.3. The minimum Gasteiger partial charge on any atom is -0.339 e. The van der Waals surface area contributed by atoms with Gasteiger partial charge in [-0.05, 0) is 66.1 Å². The molecule has 0 spiro atoms. The van der Waals surface area contributed by atoms with E-state index in [4.69, 9.17) is 4.63 Å². The van der Waals surface area contributed by atoms with Crippen LogP contribution >= 0.6 is 11.5 Å². The molecule has 4 amide bonds. The number of carbonyl (C=O) groups excluding carboxylic acids is 4. The van der Waals surface area contributed by atoms with Gasteiger partial charge < -0.3 is 25.8 Å².